The van der Waals surface area contributed by atoms with Gasteiger partial charge in [-0.2, -0.15) is 13.2 Å². The first-order chi connectivity index (χ1) is 15.6. The van der Waals surface area contributed by atoms with Crippen LogP contribution in [0.25, 0.3) is 10.2 Å². The molecule has 2 aromatic heterocycles. The fraction of sp³-hybridized carbons (Fsp3) is 0.136. The van der Waals surface area contributed by atoms with Gasteiger partial charge in [0.05, 0.1) is 17.6 Å². The van der Waals surface area contributed by atoms with E-state index in [0.29, 0.717) is 5.56 Å². The van der Waals surface area contributed by atoms with Gasteiger partial charge in [0.25, 0.3) is 5.56 Å². The summed E-state index contributed by atoms with van der Waals surface area (Å²) in [5.74, 6) is -1.12. The zero-order valence-corrected chi connectivity index (χ0v) is 17.5. The molecule has 2 aromatic carbocycles. The summed E-state index contributed by atoms with van der Waals surface area (Å²) < 4.78 is 53.6. The van der Waals surface area contributed by atoms with Crippen molar-refractivity contribution in [3.05, 3.63) is 97.8 Å². The summed E-state index contributed by atoms with van der Waals surface area (Å²) >= 11 is 1.11. The Labute approximate surface area is 187 Å². The summed E-state index contributed by atoms with van der Waals surface area (Å²) in [7, 11) is 0. The molecular weight excluding hydrogens is 462 g/mol. The van der Waals surface area contributed by atoms with E-state index in [1.807, 2.05) is 0 Å². The molecule has 6 nitrogen and oxygen atoms in total. The highest BCUT2D eigenvalue weighted by Crippen LogP contribution is 2.29. The quantitative estimate of drug-likeness (QED) is 0.441. The lowest BCUT2D eigenvalue weighted by molar-refractivity contribution is -0.137. The summed E-state index contributed by atoms with van der Waals surface area (Å²) in [6, 6.07) is 10.7. The Morgan fingerprint density at radius 3 is 2.24 bits per heavy atom. The van der Waals surface area contributed by atoms with E-state index in [9.17, 15) is 31.9 Å². The van der Waals surface area contributed by atoms with Crippen LogP contribution in [0.15, 0.2) is 69.6 Å². The third kappa shape index (κ3) is 4.72. The number of rotatable bonds is 5. The molecule has 0 saturated carbocycles. The summed E-state index contributed by atoms with van der Waals surface area (Å²) in [5, 5.41) is 4.06. The molecule has 0 unspecified atom stereocenters. The first-order valence-electron chi connectivity index (χ1n) is 9.56. The molecule has 0 aliphatic carbocycles. The maximum absolute atomic E-state index is 13.2. The maximum Gasteiger partial charge on any atom is 0.416 e. The Kier molecular flexibility index (Phi) is 5.90. The molecule has 0 fully saturated rings. The molecular formula is C22H15F4N3O3S. The molecule has 0 aliphatic rings. The molecule has 1 amide bonds. The summed E-state index contributed by atoms with van der Waals surface area (Å²) in [4.78, 5) is 38.4. The first kappa shape index (κ1) is 22.5. The van der Waals surface area contributed by atoms with Crippen LogP contribution < -0.4 is 16.6 Å². The summed E-state index contributed by atoms with van der Waals surface area (Å²) in [6.07, 6.45) is -4.50. The van der Waals surface area contributed by atoms with Gasteiger partial charge in [0.1, 0.15) is 17.1 Å². The molecule has 11 heteroatoms. The first-order valence-corrected chi connectivity index (χ1v) is 10.4. The van der Waals surface area contributed by atoms with E-state index in [2.05, 4.69) is 5.32 Å². The molecule has 4 aromatic rings. The Morgan fingerprint density at radius 2 is 1.61 bits per heavy atom. The Hall–Kier alpha value is -3.73. The van der Waals surface area contributed by atoms with E-state index < -0.39 is 41.3 Å². The predicted molar refractivity (Wildman–Crippen MR) is 116 cm³/mol. The largest absolute Gasteiger partial charge is 0.416 e. The second kappa shape index (κ2) is 8.66. The van der Waals surface area contributed by atoms with Crippen molar-refractivity contribution >= 4 is 33.1 Å². The number of nitrogens with zero attached hydrogens (tertiary/aromatic N) is 2. The third-order valence-electron chi connectivity index (χ3n) is 4.89. The molecule has 170 valence electrons. The molecule has 1 N–H and O–H groups in total. The van der Waals surface area contributed by atoms with Gasteiger partial charge in [-0.25, -0.2) is 9.18 Å². The topological polar surface area (TPSA) is 73.1 Å². The highest BCUT2D eigenvalue weighted by Gasteiger charge is 2.30. The smallest absolute Gasteiger partial charge is 0.325 e. The van der Waals surface area contributed by atoms with Crippen LogP contribution in [0.4, 0.5) is 23.2 Å². The number of thiophene rings is 1. The van der Waals surface area contributed by atoms with Crippen LogP contribution in [0, 0.1) is 5.82 Å². The van der Waals surface area contributed by atoms with Gasteiger partial charge in [0, 0.05) is 5.69 Å². The van der Waals surface area contributed by atoms with Crippen LogP contribution >= 0.6 is 11.3 Å². The summed E-state index contributed by atoms with van der Waals surface area (Å²) in [5.41, 5.74) is -1.21. The number of nitrogens with one attached hydrogen (secondary N) is 1. The number of alkyl halides is 3. The highest BCUT2D eigenvalue weighted by molar-refractivity contribution is 7.17. The number of benzene rings is 2. The average Bonchev–Trinajstić information content (AvgIpc) is 3.25. The van der Waals surface area contributed by atoms with E-state index in [1.54, 1.807) is 5.38 Å². The van der Waals surface area contributed by atoms with Crippen molar-refractivity contribution in [1.29, 1.82) is 0 Å². The Balaban J connectivity index is 1.64. The highest BCUT2D eigenvalue weighted by atomic mass is 32.1. The van der Waals surface area contributed by atoms with Gasteiger partial charge in [0.2, 0.25) is 5.91 Å². The van der Waals surface area contributed by atoms with Crippen LogP contribution in [-0.2, 0) is 24.1 Å². The Morgan fingerprint density at radius 1 is 0.939 bits per heavy atom. The van der Waals surface area contributed by atoms with Gasteiger partial charge in [-0.1, -0.05) is 12.1 Å². The van der Waals surface area contributed by atoms with Gasteiger partial charge < -0.3 is 5.32 Å². The van der Waals surface area contributed by atoms with Gasteiger partial charge in [0.15, 0.2) is 0 Å². The zero-order valence-electron chi connectivity index (χ0n) is 16.7. The van der Waals surface area contributed by atoms with E-state index in [1.165, 1.54) is 30.3 Å². The molecule has 0 spiro atoms. The van der Waals surface area contributed by atoms with Gasteiger partial charge in [-0.15, -0.1) is 11.3 Å². The van der Waals surface area contributed by atoms with Gasteiger partial charge >= 0.3 is 11.9 Å². The number of fused-ring (bicyclic) bond motifs is 1. The lowest BCUT2D eigenvalue weighted by Crippen LogP contribution is -2.41. The van der Waals surface area contributed by atoms with Gasteiger partial charge in [-0.3, -0.25) is 18.7 Å². The molecule has 33 heavy (non-hydrogen) atoms. The molecule has 4 rings (SSSR count). The number of hydrogen-bond donors (Lipinski definition) is 1. The molecule has 0 radical (unpaired) electrons. The average molecular weight is 477 g/mol. The second-order valence-electron chi connectivity index (χ2n) is 7.14. The van der Waals surface area contributed by atoms with Crippen molar-refractivity contribution in [3.8, 4) is 0 Å². The van der Waals surface area contributed by atoms with Crippen molar-refractivity contribution in [2.75, 3.05) is 5.32 Å². The van der Waals surface area contributed by atoms with E-state index in [4.69, 9.17) is 0 Å². The standard InChI is InChI=1S/C22H15F4N3O3S/c23-15-5-1-13(2-6-15)11-29-20(31)19-17(9-10-33-19)28(21(29)32)12-18(30)27-16-7-3-14(4-8-16)22(24,25)26/h1-10H,11-12H2,(H,27,30). The van der Waals surface area contributed by atoms with E-state index in [0.717, 1.165) is 44.7 Å². The molecule has 0 bridgehead atoms. The zero-order chi connectivity index (χ0) is 23.8. The fourth-order valence-corrected chi connectivity index (χ4v) is 4.13. The van der Waals surface area contributed by atoms with E-state index >= 15 is 0 Å². The number of hydrogen-bond acceptors (Lipinski definition) is 4. The number of aromatic nitrogens is 2. The maximum atomic E-state index is 13.2. The lowest BCUT2D eigenvalue weighted by Gasteiger charge is -2.13. The van der Waals surface area contributed by atoms with Crippen LogP contribution in [-0.4, -0.2) is 15.0 Å². The molecule has 2 heterocycles. The van der Waals surface area contributed by atoms with Crippen LogP contribution in [0.1, 0.15) is 11.1 Å². The minimum Gasteiger partial charge on any atom is -0.325 e. The van der Waals surface area contributed by atoms with E-state index in [-0.39, 0.29) is 22.4 Å². The van der Waals surface area contributed by atoms with Crippen molar-refractivity contribution in [1.82, 2.24) is 9.13 Å². The van der Waals surface area contributed by atoms with Crippen LogP contribution in [0.5, 0.6) is 0 Å². The van der Waals surface area contributed by atoms with Gasteiger partial charge in [-0.05, 0) is 53.4 Å². The second-order valence-corrected chi connectivity index (χ2v) is 8.06. The fourth-order valence-electron chi connectivity index (χ4n) is 3.28. The number of anilines is 1. The normalized spacial score (nSPS) is 11.6. The minimum absolute atomic E-state index is 0.119. The van der Waals surface area contributed by atoms with Crippen LogP contribution in [0.3, 0.4) is 0 Å². The van der Waals surface area contributed by atoms with Crippen molar-refractivity contribution < 1.29 is 22.4 Å². The third-order valence-corrected chi connectivity index (χ3v) is 5.78. The number of amides is 1. The monoisotopic (exact) mass is 477 g/mol. The minimum atomic E-state index is -4.50. The number of carbonyl (C=O) groups excluding carboxylic acids is 1. The molecule has 0 aliphatic heterocycles. The van der Waals surface area contributed by atoms with Crippen molar-refractivity contribution in [2.45, 2.75) is 19.3 Å². The van der Waals surface area contributed by atoms with Crippen LogP contribution in [0.2, 0.25) is 0 Å². The summed E-state index contributed by atoms with van der Waals surface area (Å²) in [6.45, 7) is -0.580. The number of halogens is 4. The molecule has 0 saturated heterocycles. The Bertz CT molecular complexity index is 1440. The molecule has 0 atom stereocenters. The van der Waals surface area contributed by atoms with Crippen molar-refractivity contribution in [2.24, 2.45) is 0 Å². The lowest BCUT2D eigenvalue weighted by atomic mass is 10.2. The predicted octanol–water partition coefficient (Wildman–Crippen LogP) is 4.07. The van der Waals surface area contributed by atoms with Crippen molar-refractivity contribution in [3.63, 3.8) is 0 Å². The number of carbonyl (C=O) groups is 1. The SMILES string of the molecule is O=C(Cn1c(=O)n(Cc2ccc(F)cc2)c(=O)c2sccc21)Nc1ccc(C(F)(F)F)cc1.